The van der Waals surface area contributed by atoms with Crippen molar-refractivity contribution in [1.29, 1.82) is 0 Å². The second kappa shape index (κ2) is 6.52. The van der Waals surface area contributed by atoms with Gasteiger partial charge in [-0.15, -0.1) is 0 Å². The van der Waals surface area contributed by atoms with Gasteiger partial charge in [0.25, 0.3) is 5.91 Å². The van der Waals surface area contributed by atoms with Crippen LogP contribution in [-0.2, 0) is 11.3 Å². The maximum absolute atomic E-state index is 12.9. The van der Waals surface area contributed by atoms with E-state index in [0.717, 1.165) is 42.8 Å². The summed E-state index contributed by atoms with van der Waals surface area (Å²) in [6, 6.07) is 2.01. The molecule has 2 heterocycles. The molecule has 2 atom stereocenters. The van der Waals surface area contributed by atoms with Crippen molar-refractivity contribution in [3.05, 3.63) is 23.0 Å². The molecule has 5 nitrogen and oxygen atoms in total. The van der Waals surface area contributed by atoms with Crippen LogP contribution < -0.4 is 0 Å². The summed E-state index contributed by atoms with van der Waals surface area (Å²) < 4.78 is 7.99. The minimum Gasteiger partial charge on any atom is -0.392 e. The molecule has 2 fully saturated rings. The number of ether oxygens (including phenoxy) is 1. The SMILES string of the molecule is CCOC1CC(O)C12CCN(C(=O)c1cc(C)n(CC)c1C)CC2. The normalized spacial score (nSPS) is 25.8. The largest absolute Gasteiger partial charge is 0.392 e. The van der Waals surface area contributed by atoms with Gasteiger partial charge in [-0.3, -0.25) is 4.79 Å². The monoisotopic (exact) mass is 334 g/mol. The fraction of sp³-hybridized carbons (Fsp3) is 0.737. The van der Waals surface area contributed by atoms with Gasteiger partial charge in [0.05, 0.1) is 17.8 Å². The number of aromatic nitrogens is 1. The molecule has 1 aromatic rings. The first kappa shape index (κ1) is 17.5. The van der Waals surface area contributed by atoms with Gasteiger partial charge in [0, 0.05) is 49.5 Å². The Kier molecular flexibility index (Phi) is 4.76. The van der Waals surface area contributed by atoms with Crippen molar-refractivity contribution in [2.75, 3.05) is 19.7 Å². The number of nitrogens with zero attached hydrogens (tertiary/aromatic N) is 2. The van der Waals surface area contributed by atoms with Gasteiger partial charge in [-0.1, -0.05) is 0 Å². The number of likely N-dealkylation sites (tertiary alicyclic amines) is 1. The molecule has 1 aliphatic carbocycles. The molecule has 1 saturated heterocycles. The summed E-state index contributed by atoms with van der Waals surface area (Å²) in [5.41, 5.74) is 2.88. The summed E-state index contributed by atoms with van der Waals surface area (Å²) in [7, 11) is 0. The second-order valence-electron chi connectivity index (χ2n) is 7.25. The van der Waals surface area contributed by atoms with Crippen LogP contribution in [0.2, 0.25) is 0 Å². The zero-order valence-corrected chi connectivity index (χ0v) is 15.3. The lowest BCUT2D eigenvalue weighted by molar-refractivity contribution is -0.207. The third-order valence-electron chi connectivity index (χ3n) is 6.21. The third-order valence-corrected chi connectivity index (χ3v) is 6.21. The zero-order valence-electron chi connectivity index (χ0n) is 15.3. The van der Waals surface area contributed by atoms with E-state index in [4.69, 9.17) is 4.74 Å². The van der Waals surface area contributed by atoms with Crippen molar-refractivity contribution in [3.63, 3.8) is 0 Å². The molecule has 2 unspecified atom stereocenters. The molecule has 3 rings (SSSR count). The third kappa shape index (κ3) is 2.58. The molecule has 24 heavy (non-hydrogen) atoms. The first-order valence-electron chi connectivity index (χ1n) is 9.20. The molecule has 0 bridgehead atoms. The maximum atomic E-state index is 12.9. The van der Waals surface area contributed by atoms with E-state index >= 15 is 0 Å². The van der Waals surface area contributed by atoms with Crippen LogP contribution in [0.25, 0.3) is 0 Å². The standard InChI is InChI=1S/C19H30N2O3/c1-5-21-13(3)11-15(14(21)4)18(23)20-9-7-19(8-10-20)16(22)12-17(19)24-6-2/h11,16-17,22H,5-10,12H2,1-4H3. The van der Waals surface area contributed by atoms with Crippen molar-refractivity contribution in [2.45, 2.75) is 65.7 Å². The minimum atomic E-state index is -0.281. The van der Waals surface area contributed by atoms with Crippen LogP contribution >= 0.6 is 0 Å². The van der Waals surface area contributed by atoms with Crippen LogP contribution in [0.5, 0.6) is 0 Å². The number of hydrogen-bond acceptors (Lipinski definition) is 3. The van der Waals surface area contributed by atoms with E-state index in [1.54, 1.807) is 0 Å². The molecule has 2 aliphatic rings. The Hall–Kier alpha value is -1.33. The summed E-state index contributed by atoms with van der Waals surface area (Å²) in [6.07, 6.45) is 2.27. The number of aliphatic hydroxyl groups is 1. The lowest BCUT2D eigenvalue weighted by atomic mass is 9.58. The molecular formula is C19H30N2O3. The predicted molar refractivity (Wildman–Crippen MR) is 93.2 cm³/mol. The van der Waals surface area contributed by atoms with Crippen molar-refractivity contribution in [1.82, 2.24) is 9.47 Å². The van der Waals surface area contributed by atoms with Gasteiger partial charge in [0.15, 0.2) is 0 Å². The molecule has 1 aliphatic heterocycles. The average molecular weight is 334 g/mol. The van der Waals surface area contributed by atoms with E-state index in [1.165, 1.54) is 0 Å². The second-order valence-corrected chi connectivity index (χ2v) is 7.25. The van der Waals surface area contributed by atoms with Gasteiger partial charge >= 0.3 is 0 Å². The van der Waals surface area contributed by atoms with Gasteiger partial charge in [-0.05, 0) is 46.6 Å². The Morgan fingerprint density at radius 3 is 2.50 bits per heavy atom. The summed E-state index contributed by atoms with van der Waals surface area (Å²) >= 11 is 0. The van der Waals surface area contributed by atoms with E-state index in [2.05, 4.69) is 18.4 Å². The van der Waals surface area contributed by atoms with Crippen LogP contribution in [0, 0.1) is 19.3 Å². The quantitative estimate of drug-likeness (QED) is 0.920. The summed E-state index contributed by atoms with van der Waals surface area (Å²) in [6.45, 7) is 11.2. The van der Waals surface area contributed by atoms with Gasteiger partial charge in [-0.2, -0.15) is 0 Å². The van der Waals surface area contributed by atoms with Gasteiger partial charge < -0.3 is 19.3 Å². The molecule has 1 spiro atoms. The fourth-order valence-electron chi connectivity index (χ4n) is 4.62. The number of piperidine rings is 1. The molecular weight excluding hydrogens is 304 g/mol. The highest BCUT2D eigenvalue weighted by Crippen LogP contribution is 2.51. The van der Waals surface area contributed by atoms with E-state index in [9.17, 15) is 9.90 Å². The van der Waals surface area contributed by atoms with Crippen LogP contribution in [0.4, 0.5) is 0 Å². The lowest BCUT2D eigenvalue weighted by Gasteiger charge is -2.56. The first-order chi connectivity index (χ1) is 11.4. The van der Waals surface area contributed by atoms with Crippen LogP contribution in [0.3, 0.4) is 0 Å². The predicted octanol–water partition coefficient (Wildman–Crippen LogP) is 2.52. The van der Waals surface area contributed by atoms with Crippen molar-refractivity contribution in [3.8, 4) is 0 Å². The molecule has 1 aromatic heterocycles. The Labute approximate surface area is 144 Å². The molecule has 1 saturated carbocycles. The average Bonchev–Trinajstić information content (AvgIpc) is 2.88. The van der Waals surface area contributed by atoms with E-state index in [1.807, 2.05) is 24.8 Å². The molecule has 0 radical (unpaired) electrons. The molecule has 5 heteroatoms. The highest BCUT2D eigenvalue weighted by atomic mass is 16.5. The van der Waals surface area contributed by atoms with Gasteiger partial charge in [0.1, 0.15) is 0 Å². The Bertz CT molecular complexity index is 612. The molecule has 1 N–H and O–H groups in total. The highest BCUT2D eigenvalue weighted by Gasteiger charge is 2.56. The number of rotatable bonds is 4. The molecule has 1 amide bonds. The number of amides is 1. The lowest BCUT2D eigenvalue weighted by Crippen LogP contribution is -2.62. The van der Waals surface area contributed by atoms with Gasteiger partial charge in [-0.25, -0.2) is 0 Å². The van der Waals surface area contributed by atoms with Crippen LogP contribution in [0.1, 0.15) is 54.9 Å². The van der Waals surface area contributed by atoms with E-state index in [0.29, 0.717) is 19.7 Å². The Balaban J connectivity index is 1.70. The summed E-state index contributed by atoms with van der Waals surface area (Å²) in [4.78, 5) is 14.9. The number of aryl methyl sites for hydroxylation is 1. The van der Waals surface area contributed by atoms with Gasteiger partial charge in [0.2, 0.25) is 0 Å². The number of hydrogen-bond donors (Lipinski definition) is 1. The highest BCUT2D eigenvalue weighted by molar-refractivity contribution is 5.95. The number of carbonyl (C=O) groups is 1. The summed E-state index contributed by atoms with van der Waals surface area (Å²) in [5, 5.41) is 10.3. The topological polar surface area (TPSA) is 54.7 Å². The maximum Gasteiger partial charge on any atom is 0.255 e. The zero-order chi connectivity index (χ0) is 17.5. The number of carbonyl (C=O) groups excluding carboxylic acids is 1. The summed E-state index contributed by atoms with van der Waals surface area (Å²) in [5.74, 6) is 0.124. The van der Waals surface area contributed by atoms with Crippen LogP contribution in [0.15, 0.2) is 6.07 Å². The number of aliphatic hydroxyl groups excluding tert-OH is 1. The minimum absolute atomic E-state index is 0.124. The van der Waals surface area contributed by atoms with Crippen molar-refractivity contribution >= 4 is 5.91 Å². The molecule has 0 aromatic carbocycles. The smallest absolute Gasteiger partial charge is 0.255 e. The van der Waals surface area contributed by atoms with E-state index in [-0.39, 0.29) is 23.5 Å². The van der Waals surface area contributed by atoms with Crippen LogP contribution in [-0.4, -0.2) is 52.4 Å². The molecule has 134 valence electrons. The fourth-order valence-corrected chi connectivity index (χ4v) is 4.62. The van der Waals surface area contributed by atoms with Crippen molar-refractivity contribution < 1.29 is 14.6 Å². The Morgan fingerprint density at radius 1 is 1.33 bits per heavy atom. The first-order valence-corrected chi connectivity index (χ1v) is 9.20. The van der Waals surface area contributed by atoms with Crippen molar-refractivity contribution in [2.24, 2.45) is 5.41 Å². The Morgan fingerprint density at radius 2 is 2.00 bits per heavy atom. The van der Waals surface area contributed by atoms with E-state index < -0.39 is 0 Å².